The van der Waals surface area contributed by atoms with Gasteiger partial charge in [-0.05, 0) is 0 Å². The van der Waals surface area contributed by atoms with E-state index in [2.05, 4.69) is 10.9 Å². The third-order valence-corrected chi connectivity index (χ3v) is 3.00. The minimum atomic E-state index is -1.45. The first kappa shape index (κ1) is 13.7. The van der Waals surface area contributed by atoms with Crippen molar-refractivity contribution < 1.29 is 24.4 Å². The zero-order chi connectivity index (χ0) is 14.2. The van der Waals surface area contributed by atoms with Gasteiger partial charge in [0, 0.05) is 6.07 Å². The van der Waals surface area contributed by atoms with Crippen LogP contribution in [0.2, 0.25) is 0 Å². The Morgan fingerprint density at radius 2 is 2.16 bits per heavy atom. The van der Waals surface area contributed by atoms with Crippen LogP contribution >= 0.6 is 0 Å². The number of aromatic nitrogens is 1. The first-order valence-electron chi connectivity index (χ1n) is 5.51. The zero-order valence-corrected chi connectivity index (χ0v) is 9.71. The fraction of sp³-hybridized carbons (Fsp3) is 0.417. The largest absolute Gasteiger partial charge is 0.394 e. The summed E-state index contributed by atoms with van der Waals surface area (Å²) in [5, 5.41) is 28.4. The van der Waals surface area contributed by atoms with Crippen LogP contribution in [0.3, 0.4) is 0 Å². The fourth-order valence-corrected chi connectivity index (χ4v) is 2.07. The molecule has 0 spiro atoms. The first-order valence-corrected chi connectivity index (χ1v) is 5.51. The Balaban J connectivity index is 2.49. The third-order valence-electron chi connectivity index (χ3n) is 3.00. The molecule has 4 unspecified atom stereocenters. The van der Waals surface area contributed by atoms with Crippen LogP contribution in [0.25, 0.3) is 0 Å². The van der Waals surface area contributed by atoms with Crippen LogP contribution < -0.4 is 5.56 Å². The molecule has 1 fully saturated rings. The van der Waals surface area contributed by atoms with Crippen molar-refractivity contribution in [3.8, 4) is 12.3 Å². The first-order chi connectivity index (χ1) is 8.99. The summed E-state index contributed by atoms with van der Waals surface area (Å²) in [5.74, 6) is 1.15. The molecule has 4 N–H and O–H groups in total. The van der Waals surface area contributed by atoms with Crippen molar-refractivity contribution in [1.82, 2.24) is 4.98 Å². The minimum Gasteiger partial charge on any atom is -0.394 e. The van der Waals surface area contributed by atoms with Gasteiger partial charge in [0.25, 0.3) is 5.56 Å². The van der Waals surface area contributed by atoms with E-state index in [1.54, 1.807) is 0 Å². The van der Waals surface area contributed by atoms with E-state index in [1.165, 1.54) is 0 Å². The number of rotatable bonds is 2. The van der Waals surface area contributed by atoms with Crippen LogP contribution in [0.1, 0.15) is 17.4 Å². The summed E-state index contributed by atoms with van der Waals surface area (Å²) >= 11 is 0. The number of terminal acetylenes is 1. The van der Waals surface area contributed by atoms with E-state index in [1.807, 2.05) is 0 Å². The van der Waals surface area contributed by atoms with Gasteiger partial charge in [0.2, 0.25) is 0 Å². The second kappa shape index (κ2) is 5.11. The number of H-pyrrole nitrogens is 1. The van der Waals surface area contributed by atoms with Gasteiger partial charge in [0.15, 0.2) is 0 Å². The molecule has 0 aliphatic carbocycles. The number of ether oxygens (including phenoxy) is 1. The number of hydrogen-bond donors (Lipinski definition) is 4. The lowest BCUT2D eigenvalue weighted by Gasteiger charge is -2.17. The number of halogens is 1. The van der Waals surface area contributed by atoms with Gasteiger partial charge in [-0.1, -0.05) is 5.92 Å². The maximum atomic E-state index is 13.8. The Kier molecular flexibility index (Phi) is 3.68. The predicted molar refractivity (Wildman–Crippen MR) is 61.7 cm³/mol. The molecular formula is C12H12FNO5. The van der Waals surface area contributed by atoms with Crippen molar-refractivity contribution in [2.24, 2.45) is 0 Å². The molecule has 1 aromatic rings. The Bertz CT molecular complexity index is 578. The number of nitrogens with one attached hydrogen (secondary N) is 1. The summed E-state index contributed by atoms with van der Waals surface area (Å²) in [5.41, 5.74) is -1.11. The molecule has 0 amide bonds. The molecule has 102 valence electrons. The average molecular weight is 269 g/mol. The highest BCUT2D eigenvalue weighted by Crippen LogP contribution is 2.35. The summed E-state index contributed by atoms with van der Waals surface area (Å²) < 4.78 is 19.0. The summed E-state index contributed by atoms with van der Waals surface area (Å²) in [6, 6.07) is 0.672. The number of aliphatic hydroxyl groups is 3. The molecule has 7 heteroatoms. The van der Waals surface area contributed by atoms with E-state index in [4.69, 9.17) is 16.3 Å². The number of aromatic amines is 1. The van der Waals surface area contributed by atoms with Crippen LogP contribution in [0.15, 0.2) is 10.9 Å². The summed E-state index contributed by atoms with van der Waals surface area (Å²) in [4.78, 5) is 13.4. The molecule has 1 aliphatic heterocycles. The van der Waals surface area contributed by atoms with Crippen molar-refractivity contribution in [1.29, 1.82) is 0 Å². The van der Waals surface area contributed by atoms with Crippen LogP contribution in [-0.2, 0) is 4.74 Å². The summed E-state index contributed by atoms with van der Waals surface area (Å²) in [6.07, 6.45) is 0.0457. The normalized spacial score (nSPS) is 30.3. The van der Waals surface area contributed by atoms with Gasteiger partial charge in [-0.2, -0.15) is 0 Å². The zero-order valence-electron chi connectivity index (χ0n) is 9.71. The van der Waals surface area contributed by atoms with E-state index >= 15 is 0 Å². The quantitative estimate of drug-likeness (QED) is 0.497. The number of pyridine rings is 1. The molecule has 1 saturated heterocycles. The maximum Gasteiger partial charge on any atom is 0.251 e. The molecule has 19 heavy (non-hydrogen) atoms. The van der Waals surface area contributed by atoms with Gasteiger partial charge in [-0.15, -0.1) is 6.42 Å². The molecule has 0 saturated carbocycles. The van der Waals surface area contributed by atoms with Crippen LogP contribution in [0.4, 0.5) is 4.39 Å². The Morgan fingerprint density at radius 1 is 1.47 bits per heavy atom. The third kappa shape index (κ3) is 2.27. The molecule has 1 aromatic heterocycles. The second-order valence-electron chi connectivity index (χ2n) is 4.17. The van der Waals surface area contributed by atoms with Gasteiger partial charge < -0.3 is 25.0 Å². The van der Waals surface area contributed by atoms with E-state index in [0.29, 0.717) is 6.07 Å². The van der Waals surface area contributed by atoms with Crippen LogP contribution in [0, 0.1) is 18.2 Å². The van der Waals surface area contributed by atoms with E-state index < -0.39 is 42.4 Å². The molecule has 2 heterocycles. The molecular weight excluding hydrogens is 257 g/mol. The highest BCUT2D eigenvalue weighted by Gasteiger charge is 2.45. The predicted octanol–water partition coefficient (Wildman–Crippen LogP) is -1.35. The summed E-state index contributed by atoms with van der Waals surface area (Å²) in [6.45, 7) is -0.537. The second-order valence-corrected chi connectivity index (χ2v) is 4.17. The Labute approximate surface area is 107 Å². The van der Waals surface area contributed by atoms with Gasteiger partial charge in [-0.3, -0.25) is 4.79 Å². The maximum absolute atomic E-state index is 13.8. The molecule has 2 rings (SSSR count). The van der Waals surface area contributed by atoms with E-state index in [9.17, 15) is 19.4 Å². The van der Waals surface area contributed by atoms with E-state index in [0.717, 1.165) is 0 Å². The smallest absolute Gasteiger partial charge is 0.251 e. The lowest BCUT2D eigenvalue weighted by Crippen LogP contribution is -2.32. The number of hydrogen-bond acceptors (Lipinski definition) is 5. The minimum absolute atomic E-state index is 0.167. The molecule has 0 radical (unpaired) electrons. The molecule has 4 atom stereocenters. The molecule has 6 nitrogen and oxygen atoms in total. The Morgan fingerprint density at radius 3 is 2.68 bits per heavy atom. The lowest BCUT2D eigenvalue weighted by molar-refractivity contribution is -0.0238. The van der Waals surface area contributed by atoms with Crippen molar-refractivity contribution in [3.05, 3.63) is 33.5 Å². The number of aliphatic hydroxyl groups excluding tert-OH is 3. The van der Waals surface area contributed by atoms with Crippen molar-refractivity contribution in [3.63, 3.8) is 0 Å². The average Bonchev–Trinajstić information content (AvgIpc) is 2.65. The van der Waals surface area contributed by atoms with Crippen molar-refractivity contribution in [2.45, 2.75) is 24.4 Å². The fourth-order valence-electron chi connectivity index (χ4n) is 2.07. The standard InChI is InChI=1S/C12H12FNO5/c1-2-6-9(5(13)3-8(16)14-6)12-11(18)10(17)7(4-15)19-12/h1,3,7,10-12,15,17-18H,4H2,(H,14,16). The monoisotopic (exact) mass is 269 g/mol. The van der Waals surface area contributed by atoms with Crippen LogP contribution in [-0.4, -0.2) is 45.2 Å². The SMILES string of the molecule is C#Cc1[nH]c(=O)cc(F)c1C1OC(CO)C(O)C1O. The van der Waals surface area contributed by atoms with Crippen molar-refractivity contribution >= 4 is 0 Å². The van der Waals surface area contributed by atoms with Gasteiger partial charge in [-0.25, -0.2) is 4.39 Å². The van der Waals surface area contributed by atoms with Gasteiger partial charge >= 0.3 is 0 Å². The summed E-state index contributed by atoms with van der Waals surface area (Å²) in [7, 11) is 0. The van der Waals surface area contributed by atoms with Gasteiger partial charge in [0.05, 0.1) is 12.2 Å². The highest BCUT2D eigenvalue weighted by atomic mass is 19.1. The molecule has 0 aromatic carbocycles. The van der Waals surface area contributed by atoms with E-state index in [-0.39, 0.29) is 11.3 Å². The molecule has 1 aliphatic rings. The van der Waals surface area contributed by atoms with Gasteiger partial charge in [0.1, 0.15) is 35.9 Å². The van der Waals surface area contributed by atoms with Crippen LogP contribution in [0.5, 0.6) is 0 Å². The highest BCUT2D eigenvalue weighted by molar-refractivity contribution is 5.37. The van der Waals surface area contributed by atoms with Crippen molar-refractivity contribution in [2.75, 3.05) is 6.61 Å². The Hall–Kier alpha value is -1.72. The molecule has 0 bridgehead atoms. The topological polar surface area (TPSA) is 103 Å². The lowest BCUT2D eigenvalue weighted by atomic mass is 10.00.